The number of hydrogen-bond acceptors (Lipinski definition) is 3. The molecule has 5 heteroatoms. The fraction of sp³-hybridized carbons (Fsp3) is 0.200. The van der Waals surface area contributed by atoms with Crippen molar-refractivity contribution < 1.29 is 19.4 Å². The standard InChI is InChI=1S/C10H9NO4/c1-5-2-3-7-6(4-5)11-9(12)8(15-7)10(13)14/h2-4,8H,1H3,(H,11,12)(H,13,14). The summed E-state index contributed by atoms with van der Waals surface area (Å²) in [4.78, 5) is 21.9. The van der Waals surface area contributed by atoms with Gasteiger partial charge >= 0.3 is 5.97 Å². The molecule has 0 radical (unpaired) electrons. The number of aliphatic carboxylic acids is 1. The van der Waals surface area contributed by atoms with E-state index in [0.29, 0.717) is 11.4 Å². The number of amides is 1. The quantitative estimate of drug-likeness (QED) is 0.667. The van der Waals surface area contributed by atoms with Gasteiger partial charge < -0.3 is 15.2 Å². The monoisotopic (exact) mass is 207 g/mol. The van der Waals surface area contributed by atoms with Gasteiger partial charge in [0.25, 0.3) is 12.0 Å². The number of aryl methyl sites for hydroxylation is 1. The Morgan fingerprint density at radius 1 is 1.53 bits per heavy atom. The lowest BCUT2D eigenvalue weighted by Gasteiger charge is -2.23. The van der Waals surface area contributed by atoms with Crippen LogP contribution in [0.4, 0.5) is 5.69 Å². The summed E-state index contributed by atoms with van der Waals surface area (Å²) in [6.07, 6.45) is -1.46. The van der Waals surface area contributed by atoms with Crippen LogP contribution in [0, 0.1) is 6.92 Å². The fourth-order valence-corrected chi connectivity index (χ4v) is 1.39. The van der Waals surface area contributed by atoms with Crippen molar-refractivity contribution in [1.82, 2.24) is 0 Å². The Balaban J connectivity index is 2.38. The molecule has 15 heavy (non-hydrogen) atoms. The van der Waals surface area contributed by atoms with E-state index in [1.807, 2.05) is 6.92 Å². The van der Waals surface area contributed by atoms with Gasteiger partial charge in [-0.1, -0.05) is 6.07 Å². The van der Waals surface area contributed by atoms with Gasteiger partial charge in [0, 0.05) is 0 Å². The average Bonchev–Trinajstić information content (AvgIpc) is 2.15. The lowest BCUT2D eigenvalue weighted by Crippen LogP contribution is -2.42. The Hall–Kier alpha value is -2.04. The van der Waals surface area contributed by atoms with Crippen LogP contribution in [0.25, 0.3) is 0 Å². The molecule has 1 aromatic rings. The zero-order chi connectivity index (χ0) is 11.0. The minimum atomic E-state index is -1.46. The van der Waals surface area contributed by atoms with Crippen molar-refractivity contribution in [2.45, 2.75) is 13.0 Å². The third-order valence-corrected chi connectivity index (χ3v) is 2.10. The number of carboxylic acid groups (broad SMARTS) is 1. The number of rotatable bonds is 1. The van der Waals surface area contributed by atoms with Crippen LogP contribution in [0.1, 0.15) is 5.56 Å². The van der Waals surface area contributed by atoms with E-state index < -0.39 is 18.0 Å². The van der Waals surface area contributed by atoms with Gasteiger partial charge in [-0.05, 0) is 24.6 Å². The van der Waals surface area contributed by atoms with Gasteiger partial charge in [-0.25, -0.2) is 4.79 Å². The molecule has 1 aromatic carbocycles. The van der Waals surface area contributed by atoms with Crippen LogP contribution >= 0.6 is 0 Å². The topological polar surface area (TPSA) is 75.6 Å². The molecule has 0 spiro atoms. The van der Waals surface area contributed by atoms with Gasteiger partial charge in [-0.3, -0.25) is 4.79 Å². The van der Waals surface area contributed by atoms with E-state index in [9.17, 15) is 9.59 Å². The smallest absolute Gasteiger partial charge is 0.354 e. The molecule has 1 amide bonds. The maximum absolute atomic E-state index is 11.3. The Labute approximate surface area is 85.7 Å². The molecular formula is C10H9NO4. The third-order valence-electron chi connectivity index (χ3n) is 2.10. The summed E-state index contributed by atoms with van der Waals surface area (Å²) in [7, 11) is 0. The van der Waals surface area contributed by atoms with Crippen molar-refractivity contribution >= 4 is 17.6 Å². The molecule has 0 bridgehead atoms. The van der Waals surface area contributed by atoms with Crippen LogP contribution in [0.2, 0.25) is 0 Å². The Bertz CT molecular complexity index is 441. The largest absolute Gasteiger partial charge is 0.478 e. The van der Waals surface area contributed by atoms with Gasteiger partial charge in [0.1, 0.15) is 5.75 Å². The number of carboxylic acids is 1. The molecule has 0 saturated heterocycles. The maximum atomic E-state index is 11.3. The van der Waals surface area contributed by atoms with Crippen LogP contribution in [0.15, 0.2) is 18.2 Å². The molecule has 1 unspecified atom stereocenters. The predicted molar refractivity (Wildman–Crippen MR) is 51.9 cm³/mol. The van der Waals surface area contributed by atoms with E-state index in [1.165, 1.54) is 0 Å². The summed E-state index contributed by atoms with van der Waals surface area (Å²) in [5.74, 6) is -1.56. The predicted octanol–water partition coefficient (Wildman–Crippen LogP) is 0.779. The third kappa shape index (κ3) is 1.63. The van der Waals surface area contributed by atoms with Crippen LogP contribution < -0.4 is 10.1 Å². The van der Waals surface area contributed by atoms with E-state index in [4.69, 9.17) is 9.84 Å². The van der Waals surface area contributed by atoms with E-state index in [-0.39, 0.29) is 0 Å². The summed E-state index contributed by atoms with van der Waals surface area (Å²) < 4.78 is 5.05. The number of hydrogen-bond donors (Lipinski definition) is 2. The number of ether oxygens (including phenoxy) is 1. The molecule has 0 saturated carbocycles. The lowest BCUT2D eigenvalue weighted by atomic mass is 10.1. The van der Waals surface area contributed by atoms with Crippen molar-refractivity contribution in [3.05, 3.63) is 23.8 Å². The first-order valence-corrected chi connectivity index (χ1v) is 4.39. The Kier molecular flexibility index (Phi) is 2.07. The molecule has 0 aliphatic carbocycles. The summed E-state index contributed by atoms with van der Waals surface area (Å²) in [6, 6.07) is 5.15. The molecule has 2 rings (SSSR count). The van der Waals surface area contributed by atoms with E-state index in [1.54, 1.807) is 18.2 Å². The summed E-state index contributed by atoms with van der Waals surface area (Å²) in [6.45, 7) is 1.87. The average molecular weight is 207 g/mol. The zero-order valence-corrected chi connectivity index (χ0v) is 7.98. The van der Waals surface area contributed by atoms with Crippen molar-refractivity contribution in [3.8, 4) is 5.75 Å². The number of nitrogens with one attached hydrogen (secondary N) is 1. The lowest BCUT2D eigenvalue weighted by molar-refractivity contribution is -0.149. The molecular weight excluding hydrogens is 198 g/mol. The Morgan fingerprint density at radius 2 is 2.27 bits per heavy atom. The van der Waals surface area contributed by atoms with E-state index in [2.05, 4.69) is 5.32 Å². The first-order chi connectivity index (χ1) is 7.08. The van der Waals surface area contributed by atoms with Crippen molar-refractivity contribution in [2.75, 3.05) is 5.32 Å². The van der Waals surface area contributed by atoms with Crippen LogP contribution in [0.5, 0.6) is 5.75 Å². The first-order valence-electron chi connectivity index (χ1n) is 4.39. The number of carbonyl (C=O) groups excluding carboxylic acids is 1. The molecule has 1 aliphatic rings. The normalized spacial score (nSPS) is 18.7. The summed E-state index contributed by atoms with van der Waals surface area (Å²) >= 11 is 0. The highest BCUT2D eigenvalue weighted by Crippen LogP contribution is 2.30. The second kappa shape index (κ2) is 3.27. The van der Waals surface area contributed by atoms with E-state index in [0.717, 1.165) is 5.56 Å². The first kappa shape index (κ1) is 9.51. The fourth-order valence-electron chi connectivity index (χ4n) is 1.39. The minimum absolute atomic E-state index is 0.382. The van der Waals surface area contributed by atoms with Crippen LogP contribution in [0.3, 0.4) is 0 Å². The van der Waals surface area contributed by atoms with Gasteiger partial charge in [-0.15, -0.1) is 0 Å². The van der Waals surface area contributed by atoms with Gasteiger partial charge in [0.15, 0.2) is 0 Å². The minimum Gasteiger partial charge on any atom is -0.478 e. The highest BCUT2D eigenvalue weighted by molar-refractivity contribution is 6.09. The number of benzene rings is 1. The van der Waals surface area contributed by atoms with Crippen molar-refractivity contribution in [2.24, 2.45) is 0 Å². The molecule has 1 atom stereocenters. The maximum Gasteiger partial charge on any atom is 0.354 e. The number of anilines is 1. The summed E-state index contributed by atoms with van der Waals surface area (Å²) in [5, 5.41) is 11.2. The molecule has 0 aromatic heterocycles. The zero-order valence-electron chi connectivity index (χ0n) is 7.98. The molecule has 78 valence electrons. The van der Waals surface area contributed by atoms with Gasteiger partial charge in [0.2, 0.25) is 0 Å². The van der Waals surface area contributed by atoms with Crippen LogP contribution in [-0.4, -0.2) is 23.1 Å². The van der Waals surface area contributed by atoms with E-state index >= 15 is 0 Å². The molecule has 1 aliphatic heterocycles. The second-order valence-electron chi connectivity index (χ2n) is 3.32. The molecule has 5 nitrogen and oxygen atoms in total. The van der Waals surface area contributed by atoms with Crippen molar-refractivity contribution in [1.29, 1.82) is 0 Å². The SMILES string of the molecule is Cc1ccc2c(c1)NC(=O)C(C(=O)O)O2. The number of fused-ring (bicyclic) bond motifs is 1. The molecule has 1 heterocycles. The van der Waals surface area contributed by atoms with Crippen molar-refractivity contribution in [3.63, 3.8) is 0 Å². The second-order valence-corrected chi connectivity index (χ2v) is 3.32. The molecule has 2 N–H and O–H groups in total. The highest BCUT2D eigenvalue weighted by atomic mass is 16.5. The van der Waals surface area contributed by atoms with Gasteiger partial charge in [0.05, 0.1) is 5.69 Å². The highest BCUT2D eigenvalue weighted by Gasteiger charge is 2.33. The Morgan fingerprint density at radius 3 is 2.93 bits per heavy atom. The summed E-state index contributed by atoms with van der Waals surface area (Å²) in [5.41, 5.74) is 1.48. The van der Waals surface area contributed by atoms with Crippen LogP contribution in [-0.2, 0) is 9.59 Å². The van der Waals surface area contributed by atoms with Gasteiger partial charge in [-0.2, -0.15) is 0 Å². The number of carbonyl (C=O) groups is 2. The molecule has 0 fully saturated rings.